The van der Waals surface area contributed by atoms with Gasteiger partial charge in [0, 0.05) is 50.7 Å². The fourth-order valence-corrected chi connectivity index (χ4v) is 8.05. The van der Waals surface area contributed by atoms with Crippen LogP contribution in [0.3, 0.4) is 0 Å². The molecule has 0 aliphatic carbocycles. The first-order valence-corrected chi connectivity index (χ1v) is 19.7. The van der Waals surface area contributed by atoms with E-state index in [1.165, 1.54) is 9.75 Å². The zero-order valence-corrected chi connectivity index (χ0v) is 34.4. The highest BCUT2D eigenvalue weighted by Gasteiger charge is 2.21. The third-order valence-corrected chi connectivity index (χ3v) is 11.5. The van der Waals surface area contributed by atoms with Crippen molar-refractivity contribution in [2.45, 2.75) is 78.3 Å². The van der Waals surface area contributed by atoms with Crippen molar-refractivity contribution in [2.24, 2.45) is 0 Å². The maximum atomic E-state index is 12.4. The van der Waals surface area contributed by atoms with Crippen LogP contribution in [-0.4, -0.2) is 67.8 Å². The molecule has 2 heterocycles. The molecule has 0 amide bonds. The lowest BCUT2D eigenvalue weighted by Gasteiger charge is -2.13. The summed E-state index contributed by atoms with van der Waals surface area (Å²) in [6.45, 7) is 6.12. The van der Waals surface area contributed by atoms with Gasteiger partial charge in [-0.25, -0.2) is 0 Å². The number of aromatic nitrogens is 2. The maximum absolute atomic E-state index is 12.4. The number of rotatable bonds is 23. The lowest BCUT2D eigenvalue weighted by Crippen LogP contribution is -2.35. The second-order valence-electron chi connectivity index (χ2n) is 12.6. The van der Waals surface area contributed by atoms with Gasteiger partial charge in [0.2, 0.25) is 22.5 Å². The number of unbranched alkanes of at least 4 members (excludes halogenated alkanes) is 3. The van der Waals surface area contributed by atoms with E-state index in [2.05, 4.69) is 34.0 Å². The van der Waals surface area contributed by atoms with Crippen molar-refractivity contribution in [1.29, 1.82) is 0 Å². The van der Waals surface area contributed by atoms with E-state index in [4.69, 9.17) is 37.9 Å². The highest BCUT2D eigenvalue weighted by atomic mass is 32.1. The Kier molecular flexibility index (Phi) is 16.7. The second-order valence-corrected chi connectivity index (χ2v) is 14.5. The van der Waals surface area contributed by atoms with Crippen LogP contribution in [0.4, 0.5) is 0 Å². The summed E-state index contributed by atoms with van der Waals surface area (Å²) in [6.07, 6.45) is 5.23. The number of carbonyl (C=O) groups excluding carboxylic acids is 2. The van der Waals surface area contributed by atoms with Crippen molar-refractivity contribution in [3.8, 4) is 34.5 Å². The number of carbonyl (C=O) groups is 2. The molecule has 0 unspecified atom stereocenters. The highest BCUT2D eigenvalue weighted by molar-refractivity contribution is 7.09. The number of ether oxygens (including phenoxy) is 8. The lowest BCUT2D eigenvalue weighted by atomic mass is 10.1. The molecular formula is C40H54N2O10S2+2. The van der Waals surface area contributed by atoms with E-state index in [0.717, 1.165) is 48.2 Å². The van der Waals surface area contributed by atoms with Crippen LogP contribution in [-0.2, 0) is 45.0 Å². The topological polar surface area (TPSA) is 116 Å². The average Bonchev–Trinajstić information content (AvgIpc) is 3.71. The van der Waals surface area contributed by atoms with Gasteiger partial charge in [-0.1, -0.05) is 35.5 Å². The fourth-order valence-electron chi connectivity index (χ4n) is 6.09. The largest absolute Gasteiger partial charge is 0.493 e. The van der Waals surface area contributed by atoms with E-state index >= 15 is 0 Å². The van der Waals surface area contributed by atoms with Crippen LogP contribution in [0, 0.1) is 13.8 Å². The molecule has 54 heavy (non-hydrogen) atoms. The number of benzene rings is 2. The molecule has 2 aromatic heterocycles. The van der Waals surface area contributed by atoms with E-state index in [9.17, 15) is 9.59 Å². The number of thiazole rings is 2. The molecule has 0 N–H and O–H groups in total. The van der Waals surface area contributed by atoms with Gasteiger partial charge in [-0.05, 0) is 37.1 Å². The molecule has 12 nitrogen and oxygen atoms in total. The predicted octanol–water partition coefficient (Wildman–Crippen LogP) is 6.36. The minimum Gasteiger partial charge on any atom is -0.493 e. The smallest absolute Gasteiger partial charge is 0.305 e. The van der Waals surface area contributed by atoms with E-state index < -0.39 is 0 Å². The van der Waals surface area contributed by atoms with Crippen molar-refractivity contribution in [1.82, 2.24) is 0 Å². The minimum absolute atomic E-state index is 0.192. The van der Waals surface area contributed by atoms with Crippen LogP contribution in [0.2, 0.25) is 0 Å². The molecule has 294 valence electrons. The van der Waals surface area contributed by atoms with Crippen molar-refractivity contribution in [2.75, 3.05) is 55.9 Å². The summed E-state index contributed by atoms with van der Waals surface area (Å²) >= 11 is 3.30. The van der Waals surface area contributed by atoms with Gasteiger partial charge in [-0.2, -0.15) is 9.13 Å². The Balaban J connectivity index is 1.08. The van der Waals surface area contributed by atoms with E-state index in [1.807, 2.05) is 24.3 Å². The van der Waals surface area contributed by atoms with E-state index in [0.29, 0.717) is 86.5 Å². The Morgan fingerprint density at radius 2 is 0.889 bits per heavy atom. The summed E-state index contributed by atoms with van der Waals surface area (Å²) in [4.78, 5) is 27.1. The molecule has 0 bridgehead atoms. The van der Waals surface area contributed by atoms with Crippen molar-refractivity contribution in [3.63, 3.8) is 0 Å². The van der Waals surface area contributed by atoms with E-state index in [-0.39, 0.29) is 11.9 Å². The Labute approximate surface area is 326 Å². The van der Waals surface area contributed by atoms with Gasteiger partial charge >= 0.3 is 11.9 Å². The van der Waals surface area contributed by atoms with Crippen LogP contribution in [0.5, 0.6) is 34.5 Å². The molecule has 0 saturated heterocycles. The first kappa shape index (κ1) is 42.2. The average molecular weight is 787 g/mol. The first-order valence-electron chi connectivity index (χ1n) is 18.0. The van der Waals surface area contributed by atoms with Crippen LogP contribution in [0.1, 0.15) is 70.8 Å². The number of methoxy groups -OCH3 is 6. The highest BCUT2D eigenvalue weighted by Crippen LogP contribution is 2.39. The first-order chi connectivity index (χ1) is 26.1. The molecule has 0 radical (unpaired) electrons. The molecule has 0 atom stereocenters. The van der Waals surface area contributed by atoms with Gasteiger partial charge in [-0.15, -0.1) is 0 Å². The molecule has 4 aromatic rings. The molecule has 4 rings (SSSR count). The van der Waals surface area contributed by atoms with Crippen LogP contribution < -0.4 is 37.6 Å². The fraction of sp³-hybridized carbons (Fsp3) is 0.500. The van der Waals surface area contributed by atoms with Crippen LogP contribution in [0.25, 0.3) is 0 Å². The Morgan fingerprint density at radius 3 is 1.20 bits per heavy atom. The van der Waals surface area contributed by atoms with Gasteiger partial charge in [-0.3, -0.25) is 9.59 Å². The number of hydrogen-bond donors (Lipinski definition) is 0. The molecule has 2 aromatic carbocycles. The van der Waals surface area contributed by atoms with Crippen LogP contribution in [0.15, 0.2) is 35.3 Å². The lowest BCUT2D eigenvalue weighted by molar-refractivity contribution is -0.689. The third kappa shape index (κ3) is 11.5. The molecule has 0 aliphatic rings. The van der Waals surface area contributed by atoms with Gasteiger partial charge in [0.05, 0.1) is 65.6 Å². The normalized spacial score (nSPS) is 10.9. The summed E-state index contributed by atoms with van der Waals surface area (Å²) in [7, 11) is 9.60. The summed E-state index contributed by atoms with van der Waals surface area (Å²) in [5.74, 6) is 3.22. The van der Waals surface area contributed by atoms with Crippen molar-refractivity contribution < 1.29 is 56.6 Å². The summed E-state index contributed by atoms with van der Waals surface area (Å²) < 4.78 is 48.2. The van der Waals surface area contributed by atoms with E-state index in [1.54, 1.807) is 65.3 Å². The Morgan fingerprint density at radius 1 is 0.537 bits per heavy atom. The van der Waals surface area contributed by atoms with Gasteiger partial charge < -0.3 is 37.9 Å². The standard InChI is InChI=1S/C40H54N2O10S2/c1-27-35(53-25-41(27)23-29-19-31(45-3)39(49-7)32(20-29)46-4)15-17-51-37(43)13-11-9-10-12-14-38(44)52-18-16-36-28(2)42(26-54-36)24-30-21-33(47-5)40(50-8)34(22-30)48-6/h19-22,25-26H,9-18,23-24H2,1-8H3/q+2. The predicted molar refractivity (Wildman–Crippen MR) is 206 cm³/mol. The molecule has 0 aliphatic heterocycles. The monoisotopic (exact) mass is 786 g/mol. The second kappa shape index (κ2) is 21.4. The SMILES string of the molecule is COc1cc(C[n+]2csc(CCOC(=O)CCCCCCC(=O)OCCc3sc[n+](Cc4cc(OC)c(OC)c(OC)c4)c3C)c2C)cc(OC)c1OC. The number of hydrogen-bond acceptors (Lipinski definition) is 12. The summed E-state index contributed by atoms with van der Waals surface area (Å²) in [6, 6.07) is 7.79. The third-order valence-electron chi connectivity index (χ3n) is 9.16. The van der Waals surface area contributed by atoms with Gasteiger partial charge in [0.1, 0.15) is 0 Å². The summed E-state index contributed by atoms with van der Waals surface area (Å²) in [5, 5.41) is 0. The van der Waals surface area contributed by atoms with Gasteiger partial charge in [0.25, 0.3) is 0 Å². The Hall–Kier alpha value is -4.56. The number of esters is 2. The Bertz CT molecular complexity index is 1660. The molecule has 0 saturated carbocycles. The molecule has 0 spiro atoms. The van der Waals surface area contributed by atoms with Gasteiger partial charge in [0.15, 0.2) is 47.5 Å². The molecular weight excluding hydrogens is 733 g/mol. The zero-order chi connectivity index (χ0) is 39.0. The minimum atomic E-state index is -0.192. The summed E-state index contributed by atoms with van der Waals surface area (Å²) in [5.41, 5.74) is 8.45. The van der Waals surface area contributed by atoms with Crippen molar-refractivity contribution >= 4 is 34.6 Å². The molecule has 0 fully saturated rings. The quantitative estimate of drug-likeness (QED) is 0.0478. The van der Waals surface area contributed by atoms with Crippen molar-refractivity contribution in [3.05, 3.63) is 67.6 Å². The zero-order valence-electron chi connectivity index (χ0n) is 32.7. The maximum Gasteiger partial charge on any atom is 0.305 e. The van der Waals surface area contributed by atoms with Crippen LogP contribution >= 0.6 is 22.7 Å². The number of nitrogens with zero attached hydrogens (tertiary/aromatic N) is 2. The molecule has 14 heteroatoms.